The molecule has 1 N–H and O–H groups in total. The van der Waals surface area contributed by atoms with E-state index in [1.54, 1.807) is 11.0 Å². The van der Waals surface area contributed by atoms with Gasteiger partial charge in [-0.3, -0.25) is 9.59 Å². The van der Waals surface area contributed by atoms with E-state index < -0.39 is 0 Å². The fourth-order valence-electron chi connectivity index (χ4n) is 2.67. The highest BCUT2D eigenvalue weighted by Gasteiger charge is 2.27. The van der Waals surface area contributed by atoms with Gasteiger partial charge in [-0.2, -0.15) is 0 Å². The predicted molar refractivity (Wildman–Crippen MR) is 85.2 cm³/mol. The maximum atomic E-state index is 12.5. The van der Waals surface area contributed by atoms with E-state index in [0.717, 1.165) is 12.8 Å². The van der Waals surface area contributed by atoms with Gasteiger partial charge in [0.05, 0.1) is 13.7 Å². The summed E-state index contributed by atoms with van der Waals surface area (Å²) in [7, 11) is 1.50. The normalized spacial score (nSPS) is 17.4. The summed E-state index contributed by atoms with van der Waals surface area (Å²) in [6, 6.07) is 2.90. The van der Waals surface area contributed by atoms with E-state index in [-0.39, 0.29) is 17.6 Å². The molecule has 1 unspecified atom stereocenters. The minimum atomic E-state index is -0.296. The van der Waals surface area contributed by atoms with Gasteiger partial charge in [0.1, 0.15) is 6.10 Å². The van der Waals surface area contributed by atoms with E-state index in [9.17, 15) is 9.59 Å². The quantitative estimate of drug-likeness (QED) is 0.893. The molecule has 0 aliphatic carbocycles. The zero-order valence-corrected chi connectivity index (χ0v) is 13.3. The Morgan fingerprint density at radius 3 is 2.88 bits per heavy atom. The van der Waals surface area contributed by atoms with Crippen molar-refractivity contribution >= 4 is 5.91 Å². The van der Waals surface area contributed by atoms with Crippen molar-refractivity contribution in [1.82, 2.24) is 19.9 Å². The number of carbonyl (C=O) groups is 1. The number of rotatable bonds is 4. The lowest BCUT2D eigenvalue weighted by molar-refractivity contribution is 0.0519. The van der Waals surface area contributed by atoms with Crippen LogP contribution in [0, 0.1) is 0 Å². The van der Waals surface area contributed by atoms with Crippen molar-refractivity contribution in [3.05, 3.63) is 46.6 Å². The van der Waals surface area contributed by atoms with Crippen molar-refractivity contribution in [2.45, 2.75) is 18.9 Å². The van der Waals surface area contributed by atoms with E-state index in [0.29, 0.717) is 30.4 Å². The third-order valence-corrected chi connectivity index (χ3v) is 3.79. The van der Waals surface area contributed by atoms with E-state index in [1.165, 1.54) is 31.8 Å². The molecule has 0 spiro atoms. The molecule has 0 saturated carbocycles. The van der Waals surface area contributed by atoms with Crippen LogP contribution in [0.25, 0.3) is 0 Å². The molecule has 2 aromatic rings. The van der Waals surface area contributed by atoms with E-state index in [2.05, 4.69) is 15.0 Å². The average molecular weight is 330 g/mol. The zero-order chi connectivity index (χ0) is 16.9. The fraction of sp³-hybridized carbons (Fsp3) is 0.375. The van der Waals surface area contributed by atoms with Gasteiger partial charge in [-0.25, -0.2) is 9.97 Å². The molecule has 1 fully saturated rings. The van der Waals surface area contributed by atoms with Gasteiger partial charge in [0.2, 0.25) is 5.56 Å². The monoisotopic (exact) mass is 330 g/mol. The zero-order valence-electron chi connectivity index (χ0n) is 13.3. The molecule has 0 aromatic carbocycles. The summed E-state index contributed by atoms with van der Waals surface area (Å²) < 4.78 is 11.0. The Hall–Kier alpha value is -2.90. The first-order chi connectivity index (χ1) is 11.7. The van der Waals surface area contributed by atoms with Crippen LogP contribution < -0.4 is 15.0 Å². The van der Waals surface area contributed by atoms with Gasteiger partial charge in [-0.1, -0.05) is 0 Å². The van der Waals surface area contributed by atoms with E-state index in [4.69, 9.17) is 9.47 Å². The SMILES string of the molecule is COc1nccnc1OC1CCCN(C(=O)c2cc[nH]c(=O)c2)C1. The number of aromatic nitrogens is 3. The number of nitrogens with one attached hydrogen (secondary N) is 1. The summed E-state index contributed by atoms with van der Waals surface area (Å²) in [6.07, 6.45) is 5.93. The summed E-state index contributed by atoms with van der Waals surface area (Å²) in [4.78, 5) is 36.3. The molecule has 3 heterocycles. The molecule has 0 bridgehead atoms. The number of nitrogens with zero attached hydrogens (tertiary/aromatic N) is 3. The first-order valence-corrected chi connectivity index (χ1v) is 7.67. The van der Waals surface area contributed by atoms with Gasteiger partial charge in [-0.15, -0.1) is 0 Å². The van der Waals surface area contributed by atoms with Crippen LogP contribution >= 0.6 is 0 Å². The highest BCUT2D eigenvalue weighted by atomic mass is 16.5. The van der Waals surface area contributed by atoms with Crippen molar-refractivity contribution in [1.29, 1.82) is 0 Å². The van der Waals surface area contributed by atoms with Crippen molar-refractivity contribution in [3.8, 4) is 11.8 Å². The number of pyridine rings is 1. The summed E-state index contributed by atoms with van der Waals surface area (Å²) >= 11 is 0. The minimum Gasteiger partial charge on any atom is -0.477 e. The van der Waals surface area contributed by atoms with Gasteiger partial charge in [0, 0.05) is 36.8 Å². The number of ether oxygens (including phenoxy) is 2. The first kappa shape index (κ1) is 16.0. The maximum Gasteiger partial charge on any atom is 0.278 e. The Morgan fingerprint density at radius 1 is 1.33 bits per heavy atom. The Bertz CT molecular complexity index is 776. The van der Waals surface area contributed by atoms with Gasteiger partial charge in [0.15, 0.2) is 0 Å². The Morgan fingerprint density at radius 2 is 2.12 bits per heavy atom. The summed E-state index contributed by atoms with van der Waals surface area (Å²) in [5.74, 6) is 0.450. The molecule has 8 nitrogen and oxygen atoms in total. The highest BCUT2D eigenvalue weighted by molar-refractivity contribution is 5.94. The van der Waals surface area contributed by atoms with Crippen molar-refractivity contribution < 1.29 is 14.3 Å². The minimum absolute atomic E-state index is 0.180. The molecular weight excluding hydrogens is 312 g/mol. The number of carbonyl (C=O) groups excluding carboxylic acids is 1. The average Bonchev–Trinajstić information content (AvgIpc) is 2.62. The summed E-state index contributed by atoms with van der Waals surface area (Å²) in [5.41, 5.74) is 0.0754. The maximum absolute atomic E-state index is 12.5. The summed E-state index contributed by atoms with van der Waals surface area (Å²) in [6.45, 7) is 1.05. The largest absolute Gasteiger partial charge is 0.477 e. The molecule has 24 heavy (non-hydrogen) atoms. The molecule has 1 saturated heterocycles. The molecule has 1 amide bonds. The van der Waals surface area contributed by atoms with Crippen LogP contribution in [0.1, 0.15) is 23.2 Å². The fourth-order valence-corrected chi connectivity index (χ4v) is 2.67. The van der Waals surface area contributed by atoms with Crippen LogP contribution in [0.15, 0.2) is 35.5 Å². The second-order valence-electron chi connectivity index (χ2n) is 5.45. The topological polar surface area (TPSA) is 97.4 Å². The van der Waals surface area contributed by atoms with Gasteiger partial charge in [-0.05, 0) is 18.9 Å². The number of aromatic amines is 1. The van der Waals surface area contributed by atoms with E-state index >= 15 is 0 Å². The second-order valence-corrected chi connectivity index (χ2v) is 5.45. The Kier molecular flexibility index (Phi) is 4.74. The molecule has 1 atom stereocenters. The molecule has 2 aromatic heterocycles. The molecule has 126 valence electrons. The number of H-pyrrole nitrogens is 1. The Labute approximate surface area is 138 Å². The lowest BCUT2D eigenvalue weighted by Gasteiger charge is -2.32. The Balaban J connectivity index is 1.70. The lowest BCUT2D eigenvalue weighted by Crippen LogP contribution is -2.44. The first-order valence-electron chi connectivity index (χ1n) is 7.67. The lowest BCUT2D eigenvalue weighted by atomic mass is 10.1. The molecular formula is C16H18N4O4. The third kappa shape index (κ3) is 3.53. The number of methoxy groups -OCH3 is 1. The summed E-state index contributed by atoms with van der Waals surface area (Å²) in [5, 5.41) is 0. The number of amides is 1. The van der Waals surface area contributed by atoms with Crippen LogP contribution in [0.5, 0.6) is 11.8 Å². The van der Waals surface area contributed by atoms with Crippen LogP contribution in [0.3, 0.4) is 0 Å². The van der Waals surface area contributed by atoms with Gasteiger partial charge in [0.25, 0.3) is 17.7 Å². The smallest absolute Gasteiger partial charge is 0.278 e. The van der Waals surface area contributed by atoms with Gasteiger partial charge < -0.3 is 19.4 Å². The van der Waals surface area contributed by atoms with Crippen molar-refractivity contribution in [3.63, 3.8) is 0 Å². The van der Waals surface area contributed by atoms with Crippen LogP contribution in [0.4, 0.5) is 0 Å². The van der Waals surface area contributed by atoms with Crippen molar-refractivity contribution in [2.24, 2.45) is 0 Å². The standard InChI is InChI=1S/C16H18N4O4/c1-23-14-15(19-7-6-18-14)24-12-3-2-8-20(10-12)16(22)11-4-5-17-13(21)9-11/h4-7,9,12H,2-3,8,10H2,1H3,(H,17,21). The molecule has 3 rings (SSSR count). The second kappa shape index (κ2) is 7.12. The highest BCUT2D eigenvalue weighted by Crippen LogP contribution is 2.24. The number of hydrogen-bond donors (Lipinski definition) is 1. The number of likely N-dealkylation sites (tertiary alicyclic amines) is 1. The third-order valence-electron chi connectivity index (χ3n) is 3.79. The van der Waals surface area contributed by atoms with Gasteiger partial charge >= 0.3 is 0 Å². The van der Waals surface area contributed by atoms with Crippen molar-refractivity contribution in [2.75, 3.05) is 20.2 Å². The molecule has 1 aliphatic heterocycles. The van der Waals surface area contributed by atoms with Crippen LogP contribution in [-0.2, 0) is 0 Å². The molecule has 0 radical (unpaired) electrons. The van der Waals surface area contributed by atoms with Crippen LogP contribution in [-0.4, -0.2) is 52.1 Å². The molecule has 1 aliphatic rings. The number of piperidine rings is 1. The molecule has 8 heteroatoms. The number of hydrogen-bond acceptors (Lipinski definition) is 6. The van der Waals surface area contributed by atoms with Crippen LogP contribution in [0.2, 0.25) is 0 Å². The predicted octanol–water partition coefficient (Wildman–Crippen LogP) is 0.857. The van der Waals surface area contributed by atoms with E-state index in [1.807, 2.05) is 0 Å².